The molecule has 2 rings (SSSR count). The number of anilines is 1. The third-order valence-electron chi connectivity index (χ3n) is 2.47. The van der Waals surface area contributed by atoms with Crippen molar-refractivity contribution in [2.24, 2.45) is 5.84 Å². The summed E-state index contributed by atoms with van der Waals surface area (Å²) in [5, 5.41) is 0. The second-order valence-corrected chi connectivity index (χ2v) is 3.86. The Morgan fingerprint density at radius 3 is 2.58 bits per heavy atom. The van der Waals surface area contributed by atoms with Crippen molar-refractivity contribution in [3.63, 3.8) is 0 Å². The zero-order chi connectivity index (χ0) is 13.3. The topological polar surface area (TPSA) is 69.4 Å². The van der Waals surface area contributed by atoms with E-state index in [0.29, 0.717) is 24.8 Å². The zero-order valence-electron chi connectivity index (χ0n) is 10.6. The first-order chi connectivity index (χ1) is 9.40. The molecule has 1 heterocycles. The minimum atomic E-state index is 0.534. The quantitative estimate of drug-likeness (QED) is 0.453. The Kier molecular flexibility index (Phi) is 5.01. The van der Waals surface area contributed by atoms with E-state index in [1.54, 1.807) is 12.3 Å². The SMILES string of the molecule is NNc1ncccc1OCCCOc1ccccc1. The summed E-state index contributed by atoms with van der Waals surface area (Å²) in [5.41, 5.74) is 2.49. The molecular formula is C14H17N3O2. The molecule has 0 aliphatic rings. The van der Waals surface area contributed by atoms with Crippen LogP contribution < -0.4 is 20.7 Å². The van der Waals surface area contributed by atoms with Gasteiger partial charge in [0.25, 0.3) is 0 Å². The van der Waals surface area contributed by atoms with Crippen LogP contribution in [0.25, 0.3) is 0 Å². The van der Waals surface area contributed by atoms with Crippen LogP contribution in [-0.4, -0.2) is 18.2 Å². The minimum absolute atomic E-state index is 0.534. The Balaban J connectivity index is 1.69. The van der Waals surface area contributed by atoms with Crippen molar-refractivity contribution < 1.29 is 9.47 Å². The second-order valence-electron chi connectivity index (χ2n) is 3.86. The van der Waals surface area contributed by atoms with Gasteiger partial charge in [-0.1, -0.05) is 18.2 Å². The summed E-state index contributed by atoms with van der Waals surface area (Å²) in [7, 11) is 0. The summed E-state index contributed by atoms with van der Waals surface area (Å²) in [6, 6.07) is 13.3. The Labute approximate surface area is 112 Å². The number of pyridine rings is 1. The maximum absolute atomic E-state index is 5.58. The third kappa shape index (κ3) is 4.15. The fourth-order valence-electron chi connectivity index (χ4n) is 1.56. The molecule has 3 N–H and O–H groups in total. The van der Waals surface area contributed by atoms with Crippen LogP contribution in [-0.2, 0) is 0 Å². The number of hydrogen-bond acceptors (Lipinski definition) is 5. The molecule has 0 unspecified atom stereocenters. The zero-order valence-corrected chi connectivity index (χ0v) is 10.6. The number of para-hydroxylation sites is 1. The fraction of sp³-hybridized carbons (Fsp3) is 0.214. The van der Waals surface area contributed by atoms with Gasteiger partial charge >= 0.3 is 0 Å². The fourth-order valence-corrected chi connectivity index (χ4v) is 1.56. The summed E-state index contributed by atoms with van der Waals surface area (Å²) in [6.45, 7) is 1.16. The van der Waals surface area contributed by atoms with Crippen LogP contribution in [0.2, 0.25) is 0 Å². The van der Waals surface area contributed by atoms with Gasteiger partial charge in [-0.3, -0.25) is 0 Å². The van der Waals surface area contributed by atoms with E-state index in [9.17, 15) is 0 Å². The molecule has 0 radical (unpaired) electrons. The van der Waals surface area contributed by atoms with Crippen molar-refractivity contribution in [1.29, 1.82) is 0 Å². The van der Waals surface area contributed by atoms with E-state index < -0.39 is 0 Å². The highest BCUT2D eigenvalue weighted by Gasteiger charge is 2.01. The Morgan fingerprint density at radius 1 is 1.00 bits per heavy atom. The number of hydrogen-bond donors (Lipinski definition) is 2. The summed E-state index contributed by atoms with van der Waals surface area (Å²) in [4.78, 5) is 4.05. The first kappa shape index (κ1) is 13.2. The maximum Gasteiger partial charge on any atom is 0.182 e. The largest absolute Gasteiger partial charge is 0.493 e. The van der Waals surface area contributed by atoms with Crippen LogP contribution in [0, 0.1) is 0 Å². The highest BCUT2D eigenvalue weighted by atomic mass is 16.5. The van der Waals surface area contributed by atoms with Gasteiger partial charge in [0.15, 0.2) is 11.6 Å². The van der Waals surface area contributed by atoms with Gasteiger partial charge in [0, 0.05) is 12.6 Å². The van der Waals surface area contributed by atoms with Crippen molar-refractivity contribution in [3.8, 4) is 11.5 Å². The lowest BCUT2D eigenvalue weighted by Crippen LogP contribution is -2.11. The molecule has 2 aromatic rings. The molecule has 0 aliphatic heterocycles. The molecule has 5 heteroatoms. The van der Waals surface area contributed by atoms with Crippen LogP contribution in [0.15, 0.2) is 48.7 Å². The third-order valence-corrected chi connectivity index (χ3v) is 2.47. The van der Waals surface area contributed by atoms with Gasteiger partial charge in [-0.15, -0.1) is 0 Å². The van der Waals surface area contributed by atoms with E-state index in [-0.39, 0.29) is 0 Å². The summed E-state index contributed by atoms with van der Waals surface area (Å²) < 4.78 is 11.1. The molecule has 0 aliphatic carbocycles. The molecule has 0 saturated carbocycles. The number of benzene rings is 1. The Morgan fingerprint density at radius 2 is 1.79 bits per heavy atom. The number of ether oxygens (including phenoxy) is 2. The molecule has 0 spiro atoms. The van der Waals surface area contributed by atoms with Gasteiger partial charge in [0.05, 0.1) is 13.2 Å². The number of nitrogens with two attached hydrogens (primary N) is 1. The molecule has 0 bridgehead atoms. The smallest absolute Gasteiger partial charge is 0.182 e. The molecule has 1 aromatic heterocycles. The van der Waals surface area contributed by atoms with Crippen molar-refractivity contribution in [3.05, 3.63) is 48.7 Å². The minimum Gasteiger partial charge on any atom is -0.493 e. The van der Waals surface area contributed by atoms with Gasteiger partial charge in [-0.05, 0) is 24.3 Å². The predicted molar refractivity (Wildman–Crippen MR) is 74.1 cm³/mol. The lowest BCUT2D eigenvalue weighted by molar-refractivity contribution is 0.247. The number of nitrogens with zero attached hydrogens (tertiary/aromatic N) is 1. The maximum atomic E-state index is 5.58. The molecule has 19 heavy (non-hydrogen) atoms. The van der Waals surface area contributed by atoms with E-state index in [1.807, 2.05) is 36.4 Å². The van der Waals surface area contributed by atoms with Crippen LogP contribution in [0.5, 0.6) is 11.5 Å². The first-order valence-corrected chi connectivity index (χ1v) is 6.12. The van der Waals surface area contributed by atoms with E-state index in [0.717, 1.165) is 12.2 Å². The van der Waals surface area contributed by atoms with Gasteiger partial charge in [-0.25, -0.2) is 10.8 Å². The van der Waals surface area contributed by atoms with Crippen molar-refractivity contribution >= 4 is 5.82 Å². The Hall–Kier alpha value is -2.27. The summed E-state index contributed by atoms with van der Waals surface area (Å²) in [5.74, 6) is 7.39. The van der Waals surface area contributed by atoms with E-state index in [4.69, 9.17) is 15.3 Å². The van der Waals surface area contributed by atoms with Gasteiger partial charge in [0.2, 0.25) is 0 Å². The molecule has 1 aromatic carbocycles. The first-order valence-electron chi connectivity index (χ1n) is 6.12. The number of nitrogen functional groups attached to an aromatic ring is 1. The molecule has 0 fully saturated rings. The van der Waals surface area contributed by atoms with Crippen molar-refractivity contribution in [2.75, 3.05) is 18.6 Å². The van der Waals surface area contributed by atoms with Gasteiger partial charge < -0.3 is 14.9 Å². The molecule has 5 nitrogen and oxygen atoms in total. The second kappa shape index (κ2) is 7.23. The van der Waals surface area contributed by atoms with E-state index in [2.05, 4.69) is 10.4 Å². The summed E-state index contributed by atoms with van der Waals surface area (Å²) in [6.07, 6.45) is 2.44. The number of rotatable bonds is 7. The lowest BCUT2D eigenvalue weighted by Gasteiger charge is -2.10. The summed E-state index contributed by atoms with van der Waals surface area (Å²) >= 11 is 0. The van der Waals surface area contributed by atoms with Crippen LogP contribution >= 0.6 is 0 Å². The van der Waals surface area contributed by atoms with Gasteiger partial charge in [0.1, 0.15) is 5.75 Å². The van der Waals surface area contributed by atoms with Crippen molar-refractivity contribution in [2.45, 2.75) is 6.42 Å². The van der Waals surface area contributed by atoms with Crippen LogP contribution in [0.3, 0.4) is 0 Å². The molecule has 0 atom stereocenters. The lowest BCUT2D eigenvalue weighted by atomic mass is 10.3. The van der Waals surface area contributed by atoms with Crippen molar-refractivity contribution in [1.82, 2.24) is 4.98 Å². The van der Waals surface area contributed by atoms with E-state index >= 15 is 0 Å². The number of hydrazine groups is 1. The number of aromatic nitrogens is 1. The predicted octanol–water partition coefficient (Wildman–Crippen LogP) is 2.22. The average Bonchev–Trinajstić information content (AvgIpc) is 2.48. The van der Waals surface area contributed by atoms with Gasteiger partial charge in [-0.2, -0.15) is 0 Å². The monoisotopic (exact) mass is 259 g/mol. The molecule has 0 amide bonds. The molecule has 0 saturated heterocycles. The normalized spacial score (nSPS) is 9.95. The standard InChI is InChI=1S/C14H17N3O2/c15-17-14-13(8-4-9-16-14)19-11-5-10-18-12-6-2-1-3-7-12/h1-4,6-9H,5,10-11,15H2,(H,16,17). The Bertz CT molecular complexity index is 491. The number of nitrogens with one attached hydrogen (secondary N) is 1. The molecule has 100 valence electrons. The molecular weight excluding hydrogens is 242 g/mol. The van der Waals surface area contributed by atoms with E-state index in [1.165, 1.54) is 0 Å². The highest BCUT2D eigenvalue weighted by Crippen LogP contribution is 2.19. The average molecular weight is 259 g/mol. The van der Waals surface area contributed by atoms with Crippen LogP contribution in [0.1, 0.15) is 6.42 Å². The highest BCUT2D eigenvalue weighted by molar-refractivity contribution is 5.48. The van der Waals surface area contributed by atoms with Crippen LogP contribution in [0.4, 0.5) is 5.82 Å².